The summed E-state index contributed by atoms with van der Waals surface area (Å²) in [6.07, 6.45) is 13.3. The quantitative estimate of drug-likeness (QED) is 0.0340. The second-order valence-corrected chi connectivity index (χ2v) is 18.6. The van der Waals surface area contributed by atoms with Crippen LogP contribution in [-0.2, 0) is 30.5 Å². The van der Waals surface area contributed by atoms with Gasteiger partial charge in [-0.1, -0.05) is 41.3 Å². The minimum absolute atomic E-state index is 0.00532. The van der Waals surface area contributed by atoms with E-state index in [0.717, 1.165) is 82.8 Å². The van der Waals surface area contributed by atoms with Gasteiger partial charge in [0.1, 0.15) is 17.2 Å². The van der Waals surface area contributed by atoms with E-state index in [9.17, 15) is 24.0 Å². The lowest BCUT2D eigenvalue weighted by molar-refractivity contribution is -0.144. The molecule has 19 heteroatoms. The first-order chi connectivity index (χ1) is 31.1. The Balaban J connectivity index is 0.754. The molecule has 64 heavy (non-hydrogen) atoms. The smallest absolute Gasteiger partial charge is 0.315 e. The van der Waals surface area contributed by atoms with Gasteiger partial charge in [0, 0.05) is 59.6 Å². The van der Waals surface area contributed by atoms with E-state index in [1.54, 1.807) is 47.1 Å². The maximum atomic E-state index is 12.8. The normalized spacial score (nSPS) is 20.1. The van der Waals surface area contributed by atoms with Crippen molar-refractivity contribution in [2.75, 3.05) is 32.1 Å². The number of hydrogen-bond acceptors (Lipinski definition) is 11. The van der Waals surface area contributed by atoms with E-state index in [2.05, 4.69) is 36.9 Å². The minimum atomic E-state index is -0.231. The van der Waals surface area contributed by atoms with Gasteiger partial charge in [-0.15, -0.1) is 5.10 Å². The van der Waals surface area contributed by atoms with Gasteiger partial charge in [0.05, 0.1) is 29.9 Å². The number of benzene rings is 2. The Bertz CT molecular complexity index is 2000. The standard InChI is InChI=1S/C45H60Cl2N8O8S/c46-30-12-18-33(19-13-30)62-27-41(57)49-31-14-16-32(17-15-31)50-42(58)28-63-34-20-21-36(47)35(25-34)37-26-55(54-53-37)23-7-1-3-11-43(59)61-24-8-2-6-22-48-40(56)10-5-4-9-39-44-38(29-64-39)51-45(60)52-44/h12-13,18-21,25-26,31-32,38-39,44H,1-11,14-17,22-24,27-29H2,(H,48,56)(H,49,57)(H,50,58)(H2,51,52,60)/t31?,32?,38?,39-,44?/m1/s1. The lowest BCUT2D eigenvalue weighted by atomic mass is 9.91. The monoisotopic (exact) mass is 942 g/mol. The fraction of sp³-hybridized carbons (Fsp3) is 0.578. The summed E-state index contributed by atoms with van der Waals surface area (Å²) in [5.41, 5.74) is 1.21. The van der Waals surface area contributed by atoms with Crippen molar-refractivity contribution < 1.29 is 38.2 Å². The number of aromatic nitrogens is 3. The first-order valence-electron chi connectivity index (χ1n) is 22.5. The molecule has 5 amide bonds. The molecule has 3 heterocycles. The van der Waals surface area contributed by atoms with Gasteiger partial charge in [-0.3, -0.25) is 23.9 Å². The van der Waals surface area contributed by atoms with Gasteiger partial charge in [0.25, 0.3) is 11.8 Å². The number of urea groups is 1. The average Bonchev–Trinajstić information content (AvgIpc) is 4.01. The molecule has 5 N–H and O–H groups in total. The van der Waals surface area contributed by atoms with Gasteiger partial charge < -0.3 is 40.8 Å². The number of unbranched alkanes of at least 4 members (excludes halogenated alkanes) is 5. The third-order valence-corrected chi connectivity index (χ3v) is 13.6. The molecular formula is C45H60Cl2N8O8S. The Morgan fingerprint density at radius 3 is 2.22 bits per heavy atom. The first kappa shape index (κ1) is 48.7. The van der Waals surface area contributed by atoms with Gasteiger partial charge in [-0.2, -0.15) is 11.8 Å². The van der Waals surface area contributed by atoms with Crippen LogP contribution in [0.5, 0.6) is 11.5 Å². The zero-order chi connectivity index (χ0) is 45.1. The Kier molecular flexibility index (Phi) is 19.5. The Labute approximate surface area is 388 Å². The topological polar surface area (TPSA) is 204 Å². The SMILES string of the molecule is O=C(CCCC[C@H]1SCC2NC(=O)NC21)NCCCCCOC(=O)CCCCCn1cc(-c2cc(OCC(=O)NC3CCC(NC(=O)COc4ccc(Cl)cc4)CC3)ccc2Cl)nn1. The highest BCUT2D eigenvalue weighted by molar-refractivity contribution is 8.00. The zero-order valence-electron chi connectivity index (χ0n) is 36.1. The Hall–Kier alpha value is -4.74. The van der Waals surface area contributed by atoms with Gasteiger partial charge >= 0.3 is 12.0 Å². The molecule has 2 unspecified atom stereocenters. The Morgan fingerprint density at radius 1 is 0.781 bits per heavy atom. The number of thioether (sulfide) groups is 1. The molecule has 3 aliphatic rings. The van der Waals surface area contributed by atoms with Crippen molar-refractivity contribution in [2.45, 2.75) is 132 Å². The van der Waals surface area contributed by atoms with Crippen LogP contribution in [0.3, 0.4) is 0 Å². The van der Waals surface area contributed by atoms with Crippen LogP contribution in [0.25, 0.3) is 11.3 Å². The molecule has 3 atom stereocenters. The largest absolute Gasteiger partial charge is 0.484 e. The van der Waals surface area contributed by atoms with Crippen LogP contribution in [-0.4, -0.2) is 106 Å². The third kappa shape index (κ3) is 16.4. The zero-order valence-corrected chi connectivity index (χ0v) is 38.5. The number of fused-ring (bicyclic) bond motifs is 1. The molecule has 0 radical (unpaired) electrons. The molecule has 2 aliphatic heterocycles. The van der Waals surface area contributed by atoms with Gasteiger partial charge in [0.2, 0.25) is 5.91 Å². The average molecular weight is 944 g/mol. The van der Waals surface area contributed by atoms with Crippen LogP contribution in [0.4, 0.5) is 4.79 Å². The fourth-order valence-corrected chi connectivity index (χ4v) is 9.93. The van der Waals surface area contributed by atoms with Crippen LogP contribution in [0, 0.1) is 0 Å². The number of esters is 1. The van der Waals surface area contributed by atoms with E-state index in [4.69, 9.17) is 37.4 Å². The number of carbonyl (C=O) groups excluding carboxylic acids is 5. The van der Waals surface area contributed by atoms with E-state index in [1.165, 1.54) is 0 Å². The number of hydrogen-bond donors (Lipinski definition) is 5. The van der Waals surface area contributed by atoms with Crippen molar-refractivity contribution >= 4 is 64.7 Å². The molecule has 1 saturated carbocycles. The van der Waals surface area contributed by atoms with E-state index >= 15 is 0 Å². The highest BCUT2D eigenvalue weighted by Crippen LogP contribution is 2.33. The number of aryl methyl sites for hydroxylation is 1. The molecule has 1 aliphatic carbocycles. The first-order valence-corrected chi connectivity index (χ1v) is 24.3. The fourth-order valence-electron chi connectivity index (χ4n) is 8.04. The van der Waals surface area contributed by atoms with E-state index in [-0.39, 0.29) is 67.1 Å². The summed E-state index contributed by atoms with van der Waals surface area (Å²) in [4.78, 5) is 61.1. The molecule has 2 saturated heterocycles. The molecular weight excluding hydrogens is 884 g/mol. The summed E-state index contributed by atoms with van der Waals surface area (Å²) in [7, 11) is 0. The van der Waals surface area contributed by atoms with Crippen molar-refractivity contribution in [2.24, 2.45) is 0 Å². The molecule has 6 rings (SSSR count). The number of ether oxygens (including phenoxy) is 3. The predicted octanol–water partition coefficient (Wildman–Crippen LogP) is 6.37. The summed E-state index contributed by atoms with van der Waals surface area (Å²) >= 11 is 14.3. The van der Waals surface area contributed by atoms with Crippen LogP contribution in [0.15, 0.2) is 48.7 Å². The third-order valence-electron chi connectivity index (χ3n) is 11.5. The van der Waals surface area contributed by atoms with Crippen molar-refractivity contribution in [1.29, 1.82) is 0 Å². The molecule has 348 valence electrons. The van der Waals surface area contributed by atoms with Gasteiger partial charge in [-0.05, 0) is 113 Å². The summed E-state index contributed by atoms with van der Waals surface area (Å²) in [5, 5.41) is 25.0. The van der Waals surface area contributed by atoms with Crippen molar-refractivity contribution in [3.8, 4) is 22.8 Å². The maximum absolute atomic E-state index is 12.8. The number of nitrogens with one attached hydrogen (secondary N) is 5. The van der Waals surface area contributed by atoms with Crippen LogP contribution >= 0.6 is 35.0 Å². The lowest BCUT2D eigenvalue weighted by Crippen LogP contribution is -2.45. The van der Waals surface area contributed by atoms with Crippen LogP contribution in [0.1, 0.15) is 96.3 Å². The number of amides is 5. The second-order valence-electron chi connectivity index (χ2n) is 16.5. The predicted molar refractivity (Wildman–Crippen MR) is 245 cm³/mol. The Morgan fingerprint density at radius 2 is 1.47 bits per heavy atom. The number of halogens is 2. The summed E-state index contributed by atoms with van der Waals surface area (Å²) < 4.78 is 18.5. The number of carbonyl (C=O) groups is 5. The van der Waals surface area contributed by atoms with Crippen molar-refractivity contribution in [3.05, 3.63) is 58.7 Å². The van der Waals surface area contributed by atoms with E-state index in [0.29, 0.717) is 77.0 Å². The molecule has 1 aromatic heterocycles. The van der Waals surface area contributed by atoms with Crippen molar-refractivity contribution in [1.82, 2.24) is 41.6 Å². The maximum Gasteiger partial charge on any atom is 0.315 e. The minimum Gasteiger partial charge on any atom is -0.484 e. The van der Waals surface area contributed by atoms with E-state index in [1.807, 2.05) is 18.0 Å². The van der Waals surface area contributed by atoms with Crippen LogP contribution < -0.4 is 36.1 Å². The highest BCUT2D eigenvalue weighted by Gasteiger charge is 2.42. The number of rotatable bonds is 26. The second kappa shape index (κ2) is 25.7. The molecule has 0 bridgehead atoms. The van der Waals surface area contributed by atoms with Crippen LogP contribution in [0.2, 0.25) is 10.0 Å². The molecule has 3 aromatic rings. The van der Waals surface area contributed by atoms with Crippen molar-refractivity contribution in [3.63, 3.8) is 0 Å². The molecule has 3 fully saturated rings. The summed E-state index contributed by atoms with van der Waals surface area (Å²) in [6.45, 7) is 1.38. The molecule has 0 spiro atoms. The van der Waals surface area contributed by atoms with E-state index < -0.39 is 0 Å². The number of nitrogens with zero attached hydrogens (tertiary/aromatic N) is 3. The molecule has 16 nitrogen and oxygen atoms in total. The summed E-state index contributed by atoms with van der Waals surface area (Å²) in [5.74, 6) is 1.44. The van der Waals surface area contributed by atoms with Gasteiger partial charge in [0.15, 0.2) is 13.2 Å². The molecule has 2 aromatic carbocycles. The highest BCUT2D eigenvalue weighted by atomic mass is 35.5. The van der Waals surface area contributed by atoms with Gasteiger partial charge in [-0.25, -0.2) is 4.79 Å². The lowest BCUT2D eigenvalue weighted by Gasteiger charge is -2.29. The summed E-state index contributed by atoms with van der Waals surface area (Å²) in [6, 6.07) is 12.4.